The Bertz CT molecular complexity index is 416. The molecule has 100 valence electrons. The van der Waals surface area contributed by atoms with Gasteiger partial charge in [0.2, 0.25) is 0 Å². The Hall–Kier alpha value is -2.05. The number of aliphatic carboxylic acids is 1. The summed E-state index contributed by atoms with van der Waals surface area (Å²) >= 11 is 0. The minimum absolute atomic E-state index is 0.312. The van der Waals surface area contributed by atoms with Crippen LogP contribution in [0.25, 0.3) is 0 Å². The van der Waals surface area contributed by atoms with Crippen LogP contribution in [-0.4, -0.2) is 33.8 Å². The molecule has 0 aliphatic heterocycles. The summed E-state index contributed by atoms with van der Waals surface area (Å²) in [4.78, 5) is 22.0. The third kappa shape index (κ3) is 4.44. The highest BCUT2D eigenvalue weighted by Gasteiger charge is 2.10. The number of rotatable bonds is 6. The van der Waals surface area contributed by atoms with Gasteiger partial charge in [0.1, 0.15) is 0 Å². The molecule has 1 aromatic rings. The zero-order valence-electron chi connectivity index (χ0n) is 10.5. The van der Waals surface area contributed by atoms with Gasteiger partial charge < -0.3 is 15.7 Å². The van der Waals surface area contributed by atoms with Crippen molar-refractivity contribution < 1.29 is 14.7 Å². The van der Waals surface area contributed by atoms with Gasteiger partial charge in [0.15, 0.2) is 0 Å². The molecule has 0 aliphatic rings. The zero-order valence-corrected chi connectivity index (χ0v) is 10.5. The Morgan fingerprint density at radius 2 is 2.22 bits per heavy atom. The molecule has 2 amide bonds. The highest BCUT2D eigenvalue weighted by atomic mass is 16.4. The minimum atomic E-state index is -0.855. The number of aryl methyl sites for hydroxylation is 1. The topological polar surface area (TPSA) is 107 Å². The van der Waals surface area contributed by atoms with Gasteiger partial charge in [0.05, 0.1) is 12.1 Å². The second-order valence-corrected chi connectivity index (χ2v) is 4.16. The first-order valence-electron chi connectivity index (χ1n) is 5.74. The molecule has 0 aromatic carbocycles. The molecule has 1 atom stereocenters. The van der Waals surface area contributed by atoms with Crippen LogP contribution in [0.3, 0.4) is 0 Å². The summed E-state index contributed by atoms with van der Waals surface area (Å²) in [6.07, 6.45) is 2.07. The molecule has 1 aromatic heterocycles. The molecule has 0 radical (unpaired) electrons. The van der Waals surface area contributed by atoms with E-state index in [1.54, 1.807) is 13.1 Å². The van der Waals surface area contributed by atoms with Gasteiger partial charge in [0, 0.05) is 24.3 Å². The largest absolute Gasteiger partial charge is 0.481 e. The fourth-order valence-electron chi connectivity index (χ4n) is 1.32. The summed E-state index contributed by atoms with van der Waals surface area (Å²) in [6, 6.07) is -0.312. The van der Waals surface area contributed by atoms with Crippen molar-refractivity contribution in [2.24, 2.45) is 5.92 Å². The lowest BCUT2D eigenvalue weighted by Crippen LogP contribution is -2.36. The molecule has 0 aliphatic carbocycles. The highest BCUT2D eigenvalue weighted by molar-refractivity contribution is 5.74. The molecule has 0 saturated carbocycles. The van der Waals surface area contributed by atoms with Crippen molar-refractivity contribution in [3.8, 4) is 0 Å². The van der Waals surface area contributed by atoms with E-state index in [0.717, 1.165) is 11.3 Å². The van der Waals surface area contributed by atoms with Crippen LogP contribution in [0.4, 0.5) is 4.79 Å². The standard InChI is InChI=1S/C11H18N4O3/c1-7(10(16)17)3-4-12-11(18)13-5-9-6-14-15-8(9)2/h6-7H,3-5H2,1-2H3,(H,14,15)(H,16,17)(H2,12,13,18). The third-order valence-corrected chi connectivity index (χ3v) is 2.66. The molecule has 7 nitrogen and oxygen atoms in total. The van der Waals surface area contributed by atoms with Crippen LogP contribution < -0.4 is 10.6 Å². The number of H-pyrrole nitrogens is 1. The predicted molar refractivity (Wildman–Crippen MR) is 65.0 cm³/mol. The maximum absolute atomic E-state index is 11.4. The zero-order chi connectivity index (χ0) is 13.5. The molecule has 1 unspecified atom stereocenters. The van der Waals surface area contributed by atoms with Crippen LogP contribution in [-0.2, 0) is 11.3 Å². The van der Waals surface area contributed by atoms with E-state index in [1.165, 1.54) is 0 Å². The molecule has 0 spiro atoms. The smallest absolute Gasteiger partial charge is 0.315 e. The number of hydrogen-bond donors (Lipinski definition) is 4. The summed E-state index contributed by atoms with van der Waals surface area (Å²) in [7, 11) is 0. The van der Waals surface area contributed by atoms with Gasteiger partial charge in [-0.05, 0) is 13.3 Å². The van der Waals surface area contributed by atoms with Crippen molar-refractivity contribution in [1.82, 2.24) is 20.8 Å². The molecule has 1 rings (SSSR count). The van der Waals surface area contributed by atoms with Crippen LogP contribution in [0.2, 0.25) is 0 Å². The predicted octanol–water partition coefficient (Wildman–Crippen LogP) is 0.628. The first-order valence-corrected chi connectivity index (χ1v) is 5.74. The lowest BCUT2D eigenvalue weighted by molar-refractivity contribution is -0.141. The second-order valence-electron chi connectivity index (χ2n) is 4.16. The summed E-state index contributed by atoms with van der Waals surface area (Å²) in [6.45, 7) is 4.21. The number of aromatic amines is 1. The van der Waals surface area contributed by atoms with Gasteiger partial charge in [0.25, 0.3) is 0 Å². The van der Waals surface area contributed by atoms with E-state index in [1.807, 2.05) is 6.92 Å². The van der Waals surface area contributed by atoms with E-state index in [-0.39, 0.29) is 6.03 Å². The number of aromatic nitrogens is 2. The summed E-state index contributed by atoms with van der Waals surface area (Å²) in [5.74, 6) is -1.31. The van der Waals surface area contributed by atoms with Crippen molar-refractivity contribution in [3.63, 3.8) is 0 Å². The number of carbonyl (C=O) groups excluding carboxylic acids is 1. The van der Waals surface area contributed by atoms with E-state index in [9.17, 15) is 9.59 Å². The molecule has 0 bridgehead atoms. The average Bonchev–Trinajstić information content (AvgIpc) is 2.72. The fourth-order valence-corrected chi connectivity index (χ4v) is 1.32. The van der Waals surface area contributed by atoms with E-state index in [0.29, 0.717) is 19.5 Å². The van der Waals surface area contributed by atoms with Gasteiger partial charge in [-0.1, -0.05) is 6.92 Å². The van der Waals surface area contributed by atoms with Gasteiger partial charge in [-0.25, -0.2) is 4.79 Å². The van der Waals surface area contributed by atoms with E-state index >= 15 is 0 Å². The molecule has 0 saturated heterocycles. The fraction of sp³-hybridized carbons (Fsp3) is 0.545. The first kappa shape index (κ1) is 14.0. The third-order valence-electron chi connectivity index (χ3n) is 2.66. The minimum Gasteiger partial charge on any atom is -0.481 e. The molecule has 7 heteroatoms. The maximum atomic E-state index is 11.4. The van der Waals surface area contributed by atoms with Crippen LogP contribution in [0.5, 0.6) is 0 Å². The van der Waals surface area contributed by atoms with Crippen molar-refractivity contribution in [3.05, 3.63) is 17.5 Å². The van der Waals surface area contributed by atoms with Crippen molar-refractivity contribution in [2.75, 3.05) is 6.54 Å². The molecular weight excluding hydrogens is 236 g/mol. The van der Waals surface area contributed by atoms with Crippen molar-refractivity contribution >= 4 is 12.0 Å². The Labute approximate surface area is 105 Å². The number of nitrogens with zero attached hydrogens (tertiary/aromatic N) is 1. The van der Waals surface area contributed by atoms with Crippen LogP contribution in [0, 0.1) is 12.8 Å². The highest BCUT2D eigenvalue weighted by Crippen LogP contribution is 2.01. The van der Waals surface area contributed by atoms with E-state index < -0.39 is 11.9 Å². The molecule has 18 heavy (non-hydrogen) atoms. The van der Waals surface area contributed by atoms with Crippen LogP contribution in [0.15, 0.2) is 6.20 Å². The van der Waals surface area contributed by atoms with Gasteiger partial charge in [-0.3, -0.25) is 9.89 Å². The monoisotopic (exact) mass is 254 g/mol. The van der Waals surface area contributed by atoms with E-state index in [4.69, 9.17) is 5.11 Å². The Kier molecular flexibility index (Phi) is 5.16. The lowest BCUT2D eigenvalue weighted by atomic mass is 10.1. The van der Waals surface area contributed by atoms with Crippen LogP contribution in [0.1, 0.15) is 24.6 Å². The Morgan fingerprint density at radius 3 is 2.78 bits per heavy atom. The van der Waals surface area contributed by atoms with Crippen molar-refractivity contribution in [2.45, 2.75) is 26.8 Å². The molecule has 0 fully saturated rings. The lowest BCUT2D eigenvalue weighted by Gasteiger charge is -2.09. The quantitative estimate of drug-likeness (QED) is 0.597. The normalized spacial score (nSPS) is 11.9. The average molecular weight is 254 g/mol. The van der Waals surface area contributed by atoms with Gasteiger partial charge >= 0.3 is 12.0 Å². The summed E-state index contributed by atoms with van der Waals surface area (Å²) in [5, 5.41) is 20.6. The molecule has 1 heterocycles. The SMILES string of the molecule is Cc1[nH]ncc1CNC(=O)NCCC(C)C(=O)O. The number of carbonyl (C=O) groups is 2. The second kappa shape index (κ2) is 6.63. The van der Waals surface area contributed by atoms with Crippen LogP contribution >= 0.6 is 0 Å². The van der Waals surface area contributed by atoms with E-state index in [2.05, 4.69) is 20.8 Å². The summed E-state index contributed by atoms with van der Waals surface area (Å²) < 4.78 is 0. The van der Waals surface area contributed by atoms with Crippen molar-refractivity contribution in [1.29, 1.82) is 0 Å². The number of carboxylic acids is 1. The number of nitrogens with one attached hydrogen (secondary N) is 3. The Morgan fingerprint density at radius 1 is 1.50 bits per heavy atom. The maximum Gasteiger partial charge on any atom is 0.315 e. The van der Waals surface area contributed by atoms with Gasteiger partial charge in [-0.2, -0.15) is 5.10 Å². The number of carboxylic acid groups (broad SMARTS) is 1. The Balaban J connectivity index is 2.19. The molecule has 4 N–H and O–H groups in total. The van der Waals surface area contributed by atoms with Gasteiger partial charge in [-0.15, -0.1) is 0 Å². The number of urea groups is 1. The number of amides is 2. The first-order chi connectivity index (χ1) is 8.50. The molecular formula is C11H18N4O3. The number of hydrogen-bond acceptors (Lipinski definition) is 3. The summed E-state index contributed by atoms with van der Waals surface area (Å²) in [5.41, 5.74) is 1.83.